The molecule has 1 N–H and O–H groups in total. The van der Waals surface area contributed by atoms with Gasteiger partial charge in [0.25, 0.3) is 0 Å². The zero-order valence-corrected chi connectivity index (χ0v) is 17.8. The fourth-order valence-electron chi connectivity index (χ4n) is 2.90. The molecule has 0 aliphatic carbocycles. The highest BCUT2D eigenvalue weighted by molar-refractivity contribution is 5.89. The van der Waals surface area contributed by atoms with E-state index in [4.69, 9.17) is 4.74 Å². The molecule has 0 atom stereocenters. The van der Waals surface area contributed by atoms with Gasteiger partial charge in [-0.2, -0.15) is 0 Å². The molecular formula is C25H37NO2. The van der Waals surface area contributed by atoms with Crippen LogP contribution >= 0.6 is 0 Å². The van der Waals surface area contributed by atoms with Crippen LogP contribution in [0.1, 0.15) is 83.6 Å². The molecule has 0 bridgehead atoms. The van der Waals surface area contributed by atoms with Crippen LogP contribution in [-0.2, 0) is 9.53 Å². The lowest BCUT2D eigenvalue weighted by Gasteiger charge is -2.05. The summed E-state index contributed by atoms with van der Waals surface area (Å²) in [6, 6.07) is 7.82. The van der Waals surface area contributed by atoms with Crippen LogP contribution in [0, 0.1) is 11.8 Å². The molecule has 1 aromatic rings. The fraction of sp³-hybridized carbons (Fsp3) is 0.560. The minimum atomic E-state index is -0.482. The quantitative estimate of drug-likeness (QED) is 0.173. The Bertz CT molecular complexity index is 625. The summed E-state index contributed by atoms with van der Waals surface area (Å²) in [4.78, 5) is 11.3. The molecule has 0 saturated heterocycles. The van der Waals surface area contributed by atoms with Gasteiger partial charge in [0.05, 0.1) is 6.61 Å². The van der Waals surface area contributed by atoms with Crippen molar-refractivity contribution in [2.24, 2.45) is 0 Å². The smallest absolute Gasteiger partial charge is 0.384 e. The van der Waals surface area contributed by atoms with Crippen LogP contribution in [0.4, 0.5) is 5.69 Å². The molecule has 1 aromatic carbocycles. The molecule has 0 saturated carbocycles. The minimum absolute atomic E-state index is 0.350. The van der Waals surface area contributed by atoms with Crippen LogP contribution in [0.3, 0.4) is 0 Å². The number of anilines is 1. The number of rotatable bonds is 14. The van der Waals surface area contributed by atoms with Crippen molar-refractivity contribution in [1.82, 2.24) is 0 Å². The average molecular weight is 384 g/mol. The highest BCUT2D eigenvalue weighted by Gasteiger charge is 1.96. The zero-order valence-electron chi connectivity index (χ0n) is 17.8. The Morgan fingerprint density at radius 3 is 2.46 bits per heavy atom. The first kappa shape index (κ1) is 23.8. The van der Waals surface area contributed by atoms with E-state index < -0.39 is 5.97 Å². The summed E-state index contributed by atoms with van der Waals surface area (Å²) in [6.07, 6.45) is 17.6. The third-order valence-electron chi connectivity index (χ3n) is 4.46. The van der Waals surface area contributed by atoms with Gasteiger partial charge < -0.3 is 10.1 Å². The predicted molar refractivity (Wildman–Crippen MR) is 119 cm³/mol. The van der Waals surface area contributed by atoms with Gasteiger partial charge in [-0.05, 0) is 50.8 Å². The van der Waals surface area contributed by atoms with E-state index in [0.29, 0.717) is 6.61 Å². The lowest BCUT2D eigenvalue weighted by atomic mass is 10.1. The molecule has 0 aromatic heterocycles. The Morgan fingerprint density at radius 1 is 1.00 bits per heavy atom. The number of ether oxygens (including phenoxy) is 1. The molecule has 3 heteroatoms. The topological polar surface area (TPSA) is 38.3 Å². The van der Waals surface area contributed by atoms with Gasteiger partial charge in [0.15, 0.2) is 0 Å². The number of esters is 1. The van der Waals surface area contributed by atoms with E-state index in [1.807, 2.05) is 24.3 Å². The maximum Gasteiger partial charge on any atom is 0.384 e. The van der Waals surface area contributed by atoms with Gasteiger partial charge in [0, 0.05) is 23.7 Å². The average Bonchev–Trinajstić information content (AvgIpc) is 2.70. The molecule has 0 spiro atoms. The second-order valence-corrected chi connectivity index (χ2v) is 7.00. The predicted octanol–water partition coefficient (Wildman–Crippen LogP) is 6.49. The number of allylic oxidation sites excluding steroid dienone is 2. The number of carbonyl (C=O) groups is 1. The van der Waals surface area contributed by atoms with Crippen molar-refractivity contribution >= 4 is 11.7 Å². The molecule has 0 aliphatic heterocycles. The van der Waals surface area contributed by atoms with Gasteiger partial charge >= 0.3 is 5.97 Å². The summed E-state index contributed by atoms with van der Waals surface area (Å²) in [6.45, 7) is 5.31. The molecule has 0 amide bonds. The summed E-state index contributed by atoms with van der Waals surface area (Å²) in [5.41, 5.74) is 1.84. The normalized spacial score (nSPS) is 10.5. The van der Waals surface area contributed by atoms with E-state index in [9.17, 15) is 4.79 Å². The SMILES string of the molecule is CCCCCCCCCC=CCCCNc1cccc(C#CC(=O)OCC)c1. The fourth-order valence-corrected chi connectivity index (χ4v) is 2.90. The molecule has 0 fully saturated rings. The van der Waals surface area contributed by atoms with Crippen LogP contribution in [0.5, 0.6) is 0 Å². The van der Waals surface area contributed by atoms with E-state index in [-0.39, 0.29) is 0 Å². The summed E-state index contributed by atoms with van der Waals surface area (Å²) in [5.74, 6) is 4.86. The Labute approximate surface area is 171 Å². The van der Waals surface area contributed by atoms with Crippen molar-refractivity contribution in [2.75, 3.05) is 18.5 Å². The van der Waals surface area contributed by atoms with Crippen LogP contribution in [0.15, 0.2) is 36.4 Å². The second-order valence-electron chi connectivity index (χ2n) is 7.00. The zero-order chi connectivity index (χ0) is 20.3. The highest BCUT2D eigenvalue weighted by atomic mass is 16.5. The molecule has 0 radical (unpaired) electrons. The summed E-state index contributed by atoms with van der Waals surface area (Å²) >= 11 is 0. The number of hydrogen-bond acceptors (Lipinski definition) is 3. The third kappa shape index (κ3) is 13.0. The van der Waals surface area contributed by atoms with E-state index in [2.05, 4.69) is 36.2 Å². The Balaban J connectivity index is 2.11. The second kappa shape index (κ2) is 16.9. The van der Waals surface area contributed by atoms with Crippen molar-refractivity contribution in [2.45, 2.75) is 78.1 Å². The minimum Gasteiger partial charge on any atom is -0.456 e. The largest absolute Gasteiger partial charge is 0.456 e. The molecule has 28 heavy (non-hydrogen) atoms. The third-order valence-corrected chi connectivity index (χ3v) is 4.46. The van der Waals surface area contributed by atoms with Crippen molar-refractivity contribution < 1.29 is 9.53 Å². The number of hydrogen-bond donors (Lipinski definition) is 1. The van der Waals surface area contributed by atoms with Crippen LogP contribution in [0.2, 0.25) is 0 Å². The Kier molecular flexibility index (Phi) is 14.4. The van der Waals surface area contributed by atoms with Crippen LogP contribution < -0.4 is 5.32 Å². The molecule has 0 unspecified atom stereocenters. The lowest BCUT2D eigenvalue weighted by Crippen LogP contribution is -2.01. The maximum atomic E-state index is 11.3. The van der Waals surface area contributed by atoms with Crippen LogP contribution in [-0.4, -0.2) is 19.1 Å². The first-order valence-electron chi connectivity index (χ1n) is 10.9. The van der Waals surface area contributed by atoms with Gasteiger partial charge in [-0.25, -0.2) is 4.79 Å². The van der Waals surface area contributed by atoms with E-state index >= 15 is 0 Å². The van der Waals surface area contributed by atoms with E-state index in [1.165, 1.54) is 51.4 Å². The number of benzene rings is 1. The summed E-state index contributed by atoms with van der Waals surface area (Å²) < 4.78 is 4.81. The molecule has 154 valence electrons. The Hall–Kier alpha value is -2.21. The monoisotopic (exact) mass is 383 g/mol. The van der Waals surface area contributed by atoms with Crippen molar-refractivity contribution in [3.63, 3.8) is 0 Å². The standard InChI is InChI=1S/C25H37NO2/c1-3-5-6-7-8-9-10-11-12-13-14-15-21-26-24-18-16-17-23(22-24)19-20-25(27)28-4-2/h12-13,16-18,22,26H,3-11,14-15,21H2,1-2H3. The van der Waals surface area contributed by atoms with E-state index in [0.717, 1.165) is 30.6 Å². The molecular weight excluding hydrogens is 346 g/mol. The van der Waals surface area contributed by atoms with Gasteiger partial charge in [-0.15, -0.1) is 0 Å². The van der Waals surface area contributed by atoms with Gasteiger partial charge in [0.2, 0.25) is 0 Å². The van der Waals surface area contributed by atoms with Crippen molar-refractivity contribution in [1.29, 1.82) is 0 Å². The van der Waals surface area contributed by atoms with Gasteiger partial charge in [0.1, 0.15) is 0 Å². The van der Waals surface area contributed by atoms with Gasteiger partial charge in [-0.3, -0.25) is 0 Å². The Morgan fingerprint density at radius 2 is 1.71 bits per heavy atom. The van der Waals surface area contributed by atoms with Gasteiger partial charge in [-0.1, -0.05) is 69.6 Å². The maximum absolute atomic E-state index is 11.3. The molecule has 1 rings (SSSR count). The van der Waals surface area contributed by atoms with Crippen LogP contribution in [0.25, 0.3) is 0 Å². The highest BCUT2D eigenvalue weighted by Crippen LogP contribution is 2.11. The van der Waals surface area contributed by atoms with Crippen molar-refractivity contribution in [3.05, 3.63) is 42.0 Å². The first-order valence-corrected chi connectivity index (χ1v) is 10.9. The van der Waals surface area contributed by atoms with E-state index in [1.54, 1.807) is 6.92 Å². The number of carbonyl (C=O) groups excluding carboxylic acids is 1. The van der Waals surface area contributed by atoms with Crippen molar-refractivity contribution in [3.8, 4) is 11.8 Å². The summed E-state index contributed by atoms with van der Waals surface area (Å²) in [7, 11) is 0. The summed E-state index contributed by atoms with van der Waals surface area (Å²) in [5, 5.41) is 3.42. The number of nitrogens with one attached hydrogen (secondary N) is 1. The lowest BCUT2D eigenvalue weighted by molar-refractivity contribution is -0.136. The molecule has 0 aliphatic rings. The first-order chi connectivity index (χ1) is 13.8. The number of unbranched alkanes of at least 4 members (excludes halogenated alkanes) is 8. The molecule has 3 nitrogen and oxygen atoms in total. The molecule has 0 heterocycles.